The van der Waals surface area contributed by atoms with Crippen molar-refractivity contribution >= 4 is 27.3 Å². The highest BCUT2D eigenvalue weighted by Gasteiger charge is 2.29. The molecule has 0 saturated heterocycles. The van der Waals surface area contributed by atoms with Crippen molar-refractivity contribution in [3.8, 4) is 11.5 Å². The molecule has 0 spiro atoms. The van der Waals surface area contributed by atoms with Crippen molar-refractivity contribution in [1.82, 2.24) is 5.32 Å². The Hall–Kier alpha value is -4.12. The van der Waals surface area contributed by atoms with Crippen LogP contribution in [0.1, 0.15) is 16.7 Å². The van der Waals surface area contributed by atoms with E-state index in [1.165, 1.54) is 38.3 Å². The van der Waals surface area contributed by atoms with Gasteiger partial charge >= 0.3 is 0 Å². The van der Waals surface area contributed by atoms with Crippen LogP contribution in [0.4, 0.5) is 11.4 Å². The second-order valence-corrected chi connectivity index (χ2v) is 10.3. The van der Waals surface area contributed by atoms with Crippen molar-refractivity contribution in [2.24, 2.45) is 0 Å². The SMILES string of the molecule is COc1ccc(N(CC(=O)NCCOc2cc(C)cc(C)c2)S(=O)(=O)c2ccc(C)c([N+](=O)[O-])c2)cc1. The van der Waals surface area contributed by atoms with Gasteiger partial charge in [-0.2, -0.15) is 0 Å². The molecule has 37 heavy (non-hydrogen) atoms. The van der Waals surface area contributed by atoms with E-state index in [1.807, 2.05) is 32.0 Å². The molecule has 0 aliphatic rings. The van der Waals surface area contributed by atoms with Crippen molar-refractivity contribution in [3.63, 3.8) is 0 Å². The summed E-state index contributed by atoms with van der Waals surface area (Å²) in [6.07, 6.45) is 0. The third-order valence-electron chi connectivity index (χ3n) is 5.50. The minimum Gasteiger partial charge on any atom is -0.497 e. The van der Waals surface area contributed by atoms with Crippen molar-refractivity contribution in [1.29, 1.82) is 0 Å². The van der Waals surface area contributed by atoms with Gasteiger partial charge in [0.2, 0.25) is 5.91 Å². The molecular weight excluding hydrogens is 498 g/mol. The van der Waals surface area contributed by atoms with Crippen LogP contribution in [-0.2, 0) is 14.8 Å². The molecule has 3 rings (SSSR count). The summed E-state index contributed by atoms with van der Waals surface area (Å²) in [7, 11) is -2.85. The highest BCUT2D eigenvalue weighted by atomic mass is 32.2. The molecule has 0 aliphatic heterocycles. The number of benzene rings is 3. The van der Waals surface area contributed by atoms with Crippen LogP contribution in [0.25, 0.3) is 0 Å². The zero-order chi connectivity index (χ0) is 27.2. The lowest BCUT2D eigenvalue weighted by atomic mass is 10.1. The molecule has 196 valence electrons. The van der Waals surface area contributed by atoms with Crippen molar-refractivity contribution in [2.45, 2.75) is 25.7 Å². The molecule has 1 N–H and O–H groups in total. The fraction of sp³-hybridized carbons (Fsp3) is 0.269. The van der Waals surface area contributed by atoms with Gasteiger partial charge in [0, 0.05) is 11.6 Å². The van der Waals surface area contributed by atoms with Gasteiger partial charge in [0.05, 0.1) is 29.2 Å². The molecule has 10 nitrogen and oxygen atoms in total. The zero-order valence-corrected chi connectivity index (χ0v) is 21.9. The summed E-state index contributed by atoms with van der Waals surface area (Å²) < 4.78 is 38.8. The van der Waals surface area contributed by atoms with Crippen molar-refractivity contribution in [2.75, 3.05) is 31.1 Å². The van der Waals surface area contributed by atoms with Gasteiger partial charge in [-0.05, 0) is 74.4 Å². The highest BCUT2D eigenvalue weighted by molar-refractivity contribution is 7.92. The van der Waals surface area contributed by atoms with Gasteiger partial charge in [-0.1, -0.05) is 12.1 Å². The predicted molar refractivity (Wildman–Crippen MR) is 140 cm³/mol. The molecule has 0 fully saturated rings. The maximum Gasteiger partial charge on any atom is 0.273 e. The number of hydrogen-bond donors (Lipinski definition) is 1. The molecule has 3 aromatic rings. The molecule has 1 amide bonds. The minimum atomic E-state index is -4.33. The maximum atomic E-state index is 13.6. The average molecular weight is 528 g/mol. The summed E-state index contributed by atoms with van der Waals surface area (Å²) in [6.45, 7) is 5.23. The van der Waals surface area contributed by atoms with E-state index in [9.17, 15) is 23.3 Å². The van der Waals surface area contributed by atoms with Crippen molar-refractivity contribution in [3.05, 3.63) is 87.5 Å². The zero-order valence-electron chi connectivity index (χ0n) is 21.1. The van der Waals surface area contributed by atoms with E-state index in [-0.39, 0.29) is 29.4 Å². The van der Waals surface area contributed by atoms with Crippen LogP contribution in [0.15, 0.2) is 65.6 Å². The van der Waals surface area contributed by atoms with Crippen LogP contribution in [0.5, 0.6) is 11.5 Å². The van der Waals surface area contributed by atoms with Crippen LogP contribution in [0.2, 0.25) is 0 Å². The van der Waals surface area contributed by atoms with Crippen LogP contribution >= 0.6 is 0 Å². The first-order valence-corrected chi connectivity index (χ1v) is 12.8. The summed E-state index contributed by atoms with van der Waals surface area (Å²) in [5, 5.41) is 14.0. The number of nitro benzene ring substituents is 1. The van der Waals surface area contributed by atoms with Gasteiger partial charge in [-0.3, -0.25) is 19.2 Å². The smallest absolute Gasteiger partial charge is 0.273 e. The normalized spacial score (nSPS) is 11.0. The Bertz CT molecular complexity index is 1370. The number of hydrogen-bond acceptors (Lipinski definition) is 7. The molecule has 0 atom stereocenters. The first-order chi connectivity index (χ1) is 17.5. The number of aryl methyl sites for hydroxylation is 3. The fourth-order valence-electron chi connectivity index (χ4n) is 3.70. The van der Waals surface area contributed by atoms with E-state index < -0.39 is 27.4 Å². The Balaban J connectivity index is 1.79. The Morgan fingerprint density at radius 1 is 0.973 bits per heavy atom. The lowest BCUT2D eigenvalue weighted by molar-refractivity contribution is -0.385. The number of anilines is 1. The summed E-state index contributed by atoms with van der Waals surface area (Å²) >= 11 is 0. The van der Waals surface area contributed by atoms with E-state index in [0.29, 0.717) is 17.1 Å². The highest BCUT2D eigenvalue weighted by Crippen LogP contribution is 2.29. The molecular formula is C26H29N3O7S. The van der Waals surface area contributed by atoms with E-state index in [4.69, 9.17) is 9.47 Å². The molecule has 11 heteroatoms. The van der Waals surface area contributed by atoms with Gasteiger partial charge in [-0.15, -0.1) is 0 Å². The summed E-state index contributed by atoms with van der Waals surface area (Å²) in [4.78, 5) is 23.2. The van der Waals surface area contributed by atoms with Crippen LogP contribution in [0, 0.1) is 30.9 Å². The summed E-state index contributed by atoms with van der Waals surface area (Å²) in [5.74, 6) is 0.611. The molecule has 0 bridgehead atoms. The Morgan fingerprint density at radius 2 is 1.62 bits per heavy atom. The lowest BCUT2D eigenvalue weighted by Gasteiger charge is -2.24. The Kier molecular flexibility index (Phi) is 8.72. The number of carbonyl (C=O) groups is 1. The Labute approximate surface area is 216 Å². The standard InChI is InChI=1S/C26H29N3O7S/c1-18-13-19(2)15-23(14-18)36-12-11-27-26(30)17-28(21-6-8-22(35-4)9-7-21)37(33,34)24-10-5-20(3)25(16-24)29(31)32/h5-10,13-16H,11-12,17H2,1-4H3,(H,27,30). The molecule has 0 unspecified atom stereocenters. The quantitative estimate of drug-likeness (QED) is 0.227. The number of sulfonamides is 1. The number of nitro groups is 1. The number of rotatable bonds is 11. The third-order valence-corrected chi connectivity index (χ3v) is 7.27. The summed E-state index contributed by atoms with van der Waals surface area (Å²) in [6, 6.07) is 15.5. The number of nitrogens with one attached hydrogen (secondary N) is 1. The topological polar surface area (TPSA) is 128 Å². The fourth-order valence-corrected chi connectivity index (χ4v) is 5.14. The van der Waals surface area contributed by atoms with Gasteiger partial charge in [0.1, 0.15) is 24.7 Å². The van der Waals surface area contributed by atoms with Crippen LogP contribution < -0.4 is 19.1 Å². The van der Waals surface area contributed by atoms with E-state index in [2.05, 4.69) is 5.32 Å². The molecule has 0 saturated carbocycles. The largest absolute Gasteiger partial charge is 0.497 e. The summed E-state index contributed by atoms with van der Waals surface area (Å²) in [5.41, 5.74) is 2.29. The molecule has 0 heterocycles. The molecule has 0 aromatic heterocycles. The lowest BCUT2D eigenvalue weighted by Crippen LogP contribution is -2.42. The van der Waals surface area contributed by atoms with Gasteiger partial charge < -0.3 is 14.8 Å². The minimum absolute atomic E-state index is 0.151. The van der Waals surface area contributed by atoms with Crippen LogP contribution in [-0.4, -0.2) is 46.1 Å². The first kappa shape index (κ1) is 27.5. The molecule has 3 aromatic carbocycles. The average Bonchev–Trinajstić information content (AvgIpc) is 2.84. The number of amides is 1. The molecule has 0 aliphatic carbocycles. The Morgan fingerprint density at radius 3 is 2.22 bits per heavy atom. The second kappa shape index (κ2) is 11.7. The first-order valence-electron chi connectivity index (χ1n) is 11.4. The monoisotopic (exact) mass is 527 g/mol. The van der Waals surface area contributed by atoms with Crippen LogP contribution in [0.3, 0.4) is 0 Å². The second-order valence-electron chi connectivity index (χ2n) is 8.44. The predicted octanol–water partition coefficient (Wildman–Crippen LogP) is 3.92. The molecule has 0 radical (unpaired) electrons. The number of methoxy groups -OCH3 is 1. The van der Waals surface area contributed by atoms with Crippen molar-refractivity contribution < 1.29 is 27.6 Å². The van der Waals surface area contributed by atoms with Gasteiger partial charge in [0.25, 0.3) is 15.7 Å². The maximum absolute atomic E-state index is 13.6. The number of nitrogens with zero attached hydrogens (tertiary/aromatic N) is 2. The van der Waals surface area contributed by atoms with Gasteiger partial charge in [0.15, 0.2) is 0 Å². The van der Waals surface area contributed by atoms with Gasteiger partial charge in [-0.25, -0.2) is 8.42 Å². The van der Waals surface area contributed by atoms with E-state index in [0.717, 1.165) is 21.5 Å². The number of ether oxygens (including phenoxy) is 2. The van der Waals surface area contributed by atoms with E-state index >= 15 is 0 Å². The number of carbonyl (C=O) groups excluding carboxylic acids is 1. The third kappa shape index (κ3) is 6.98. The van der Waals surface area contributed by atoms with E-state index in [1.54, 1.807) is 12.1 Å².